The van der Waals surface area contributed by atoms with Crippen LogP contribution in [0.1, 0.15) is 22.9 Å². The number of hydrogen-bond acceptors (Lipinski definition) is 3. The van der Waals surface area contributed by atoms with Crippen LogP contribution in [0, 0.1) is 0 Å². The fourth-order valence-electron chi connectivity index (χ4n) is 2.70. The first kappa shape index (κ1) is 17.6. The van der Waals surface area contributed by atoms with Crippen LogP contribution < -0.4 is 10.1 Å². The summed E-state index contributed by atoms with van der Waals surface area (Å²) in [7, 11) is 0. The third kappa shape index (κ3) is 3.89. The number of anilines is 1. The quantitative estimate of drug-likeness (QED) is 0.847. The Morgan fingerprint density at radius 1 is 1.36 bits per heavy atom. The van der Waals surface area contributed by atoms with Crippen molar-refractivity contribution in [2.24, 2.45) is 0 Å². The molecule has 134 valence electrons. The van der Waals surface area contributed by atoms with Crippen LogP contribution in [0.5, 0.6) is 5.75 Å². The smallest absolute Gasteiger partial charge is 0.416 e. The zero-order valence-electron chi connectivity index (χ0n) is 13.5. The van der Waals surface area contributed by atoms with Gasteiger partial charge in [-0.15, -0.1) is 11.3 Å². The van der Waals surface area contributed by atoms with Crippen molar-refractivity contribution in [1.29, 1.82) is 0 Å². The summed E-state index contributed by atoms with van der Waals surface area (Å²) in [5.41, 5.74) is 0.281. The van der Waals surface area contributed by atoms with Crippen LogP contribution in [-0.4, -0.2) is 24.1 Å². The van der Waals surface area contributed by atoms with E-state index in [0.717, 1.165) is 24.1 Å². The van der Waals surface area contributed by atoms with Crippen LogP contribution in [0.15, 0.2) is 29.6 Å². The molecule has 8 heteroatoms. The van der Waals surface area contributed by atoms with Gasteiger partial charge in [0.05, 0.1) is 17.9 Å². The molecule has 2 amide bonds. The number of alkyl halides is 3. The standard InChI is InChI=1S/C17H17F3N2O2S/c1-2-24-14-4-3-12(17(18,19)20)9-13(14)21-16(23)22-7-5-15-11(10-22)6-8-25-15/h3-4,6,8-9H,2,5,7,10H2,1H3,(H,21,23). The van der Waals surface area contributed by atoms with Gasteiger partial charge in [-0.1, -0.05) is 0 Å². The van der Waals surface area contributed by atoms with Crippen LogP contribution in [0.3, 0.4) is 0 Å². The van der Waals surface area contributed by atoms with Gasteiger partial charge in [0.25, 0.3) is 0 Å². The van der Waals surface area contributed by atoms with E-state index in [1.54, 1.807) is 23.2 Å². The number of thiophene rings is 1. The van der Waals surface area contributed by atoms with Crippen LogP contribution in [-0.2, 0) is 19.1 Å². The Bertz CT molecular complexity index is 773. The monoisotopic (exact) mass is 370 g/mol. The Kier molecular flexibility index (Phi) is 4.89. The van der Waals surface area contributed by atoms with Crippen molar-refractivity contribution in [3.63, 3.8) is 0 Å². The number of ether oxygens (including phenoxy) is 1. The normalized spacial score (nSPS) is 14.2. The number of fused-ring (bicyclic) bond motifs is 1. The Morgan fingerprint density at radius 2 is 2.16 bits per heavy atom. The number of amides is 2. The molecular formula is C17H17F3N2O2S. The summed E-state index contributed by atoms with van der Waals surface area (Å²) in [5.74, 6) is 0.220. The fraction of sp³-hybridized carbons (Fsp3) is 0.353. The number of halogens is 3. The maximum atomic E-state index is 12.9. The summed E-state index contributed by atoms with van der Waals surface area (Å²) in [6, 6.07) is 4.61. The van der Waals surface area contributed by atoms with E-state index < -0.39 is 17.8 Å². The van der Waals surface area contributed by atoms with E-state index in [0.29, 0.717) is 13.1 Å². The summed E-state index contributed by atoms with van der Waals surface area (Å²) < 4.78 is 44.2. The topological polar surface area (TPSA) is 41.6 Å². The summed E-state index contributed by atoms with van der Waals surface area (Å²) in [5, 5.41) is 4.54. The first-order valence-electron chi connectivity index (χ1n) is 7.83. The van der Waals surface area contributed by atoms with Gasteiger partial charge in [0, 0.05) is 18.0 Å². The van der Waals surface area contributed by atoms with Crippen LogP contribution >= 0.6 is 11.3 Å². The van der Waals surface area contributed by atoms with E-state index in [9.17, 15) is 18.0 Å². The van der Waals surface area contributed by atoms with Gasteiger partial charge in [0.2, 0.25) is 0 Å². The Labute approximate surface area is 147 Å². The average Bonchev–Trinajstić information content (AvgIpc) is 3.03. The Morgan fingerprint density at radius 3 is 2.88 bits per heavy atom. The highest BCUT2D eigenvalue weighted by Crippen LogP contribution is 2.35. The molecule has 3 rings (SSSR count). The lowest BCUT2D eigenvalue weighted by Gasteiger charge is -2.27. The molecule has 2 heterocycles. The lowest BCUT2D eigenvalue weighted by atomic mass is 10.1. The number of hydrogen-bond donors (Lipinski definition) is 1. The molecule has 1 aliphatic heterocycles. The third-order valence-electron chi connectivity index (χ3n) is 3.94. The molecule has 0 fully saturated rings. The Hall–Kier alpha value is -2.22. The van der Waals surface area contributed by atoms with Gasteiger partial charge >= 0.3 is 12.2 Å². The maximum absolute atomic E-state index is 12.9. The molecule has 0 saturated heterocycles. The lowest BCUT2D eigenvalue weighted by molar-refractivity contribution is -0.137. The first-order valence-corrected chi connectivity index (χ1v) is 8.71. The summed E-state index contributed by atoms with van der Waals surface area (Å²) in [6.07, 6.45) is -3.73. The molecule has 0 spiro atoms. The molecule has 0 atom stereocenters. The molecule has 4 nitrogen and oxygen atoms in total. The second-order valence-corrected chi connectivity index (χ2v) is 6.61. The minimum atomic E-state index is -4.49. The molecule has 2 aromatic rings. The highest BCUT2D eigenvalue weighted by Gasteiger charge is 2.32. The van der Waals surface area contributed by atoms with Gasteiger partial charge in [-0.25, -0.2) is 4.79 Å². The molecule has 1 N–H and O–H groups in total. The fourth-order valence-corrected chi connectivity index (χ4v) is 3.59. The predicted octanol–water partition coefficient (Wildman–Crippen LogP) is 4.76. The molecule has 0 bridgehead atoms. The second-order valence-electron chi connectivity index (χ2n) is 5.61. The molecule has 0 aliphatic carbocycles. The number of carbonyl (C=O) groups excluding carboxylic acids is 1. The molecule has 0 radical (unpaired) electrons. The largest absolute Gasteiger partial charge is 0.492 e. The van der Waals surface area contributed by atoms with E-state index in [1.165, 1.54) is 10.9 Å². The van der Waals surface area contributed by atoms with Crippen molar-refractivity contribution in [2.75, 3.05) is 18.5 Å². The number of carbonyl (C=O) groups is 1. The van der Waals surface area contributed by atoms with E-state index in [1.807, 2.05) is 11.4 Å². The number of urea groups is 1. The van der Waals surface area contributed by atoms with Crippen molar-refractivity contribution < 1.29 is 22.7 Å². The van der Waals surface area contributed by atoms with Crippen LogP contribution in [0.4, 0.5) is 23.7 Å². The van der Waals surface area contributed by atoms with Gasteiger partial charge in [0.1, 0.15) is 5.75 Å². The molecular weight excluding hydrogens is 353 g/mol. The van der Waals surface area contributed by atoms with Gasteiger partial charge < -0.3 is 15.0 Å². The van der Waals surface area contributed by atoms with E-state index in [-0.39, 0.29) is 18.0 Å². The molecule has 0 unspecified atom stereocenters. The summed E-state index contributed by atoms with van der Waals surface area (Å²) in [4.78, 5) is 15.3. The Balaban J connectivity index is 1.80. The van der Waals surface area contributed by atoms with Crippen molar-refractivity contribution in [1.82, 2.24) is 4.90 Å². The minimum Gasteiger partial charge on any atom is -0.492 e. The zero-order valence-corrected chi connectivity index (χ0v) is 14.3. The summed E-state index contributed by atoms with van der Waals surface area (Å²) >= 11 is 1.65. The number of rotatable bonds is 3. The van der Waals surface area contributed by atoms with Crippen molar-refractivity contribution in [3.05, 3.63) is 45.6 Å². The van der Waals surface area contributed by atoms with Gasteiger partial charge in [-0.3, -0.25) is 0 Å². The lowest BCUT2D eigenvalue weighted by Crippen LogP contribution is -2.38. The van der Waals surface area contributed by atoms with E-state index >= 15 is 0 Å². The highest BCUT2D eigenvalue weighted by atomic mass is 32.1. The van der Waals surface area contributed by atoms with Crippen molar-refractivity contribution >= 4 is 23.1 Å². The number of nitrogens with zero attached hydrogens (tertiary/aromatic N) is 1. The van der Waals surface area contributed by atoms with E-state index in [4.69, 9.17) is 4.74 Å². The minimum absolute atomic E-state index is 0.0257. The first-order chi connectivity index (χ1) is 11.9. The third-order valence-corrected chi connectivity index (χ3v) is 4.97. The van der Waals surface area contributed by atoms with Gasteiger partial charge in [-0.2, -0.15) is 13.2 Å². The predicted molar refractivity (Wildman–Crippen MR) is 90.1 cm³/mol. The van der Waals surface area contributed by atoms with Crippen LogP contribution in [0.25, 0.3) is 0 Å². The molecule has 1 aliphatic rings. The molecule has 1 aromatic carbocycles. The van der Waals surface area contributed by atoms with Gasteiger partial charge in [0.15, 0.2) is 0 Å². The van der Waals surface area contributed by atoms with E-state index in [2.05, 4.69) is 5.32 Å². The number of benzene rings is 1. The summed E-state index contributed by atoms with van der Waals surface area (Å²) in [6.45, 7) is 3.00. The number of nitrogens with one attached hydrogen (secondary N) is 1. The molecule has 0 saturated carbocycles. The van der Waals surface area contributed by atoms with Crippen molar-refractivity contribution in [3.8, 4) is 5.75 Å². The zero-order chi connectivity index (χ0) is 18.0. The van der Waals surface area contributed by atoms with Crippen LogP contribution in [0.2, 0.25) is 0 Å². The van der Waals surface area contributed by atoms with Crippen molar-refractivity contribution in [2.45, 2.75) is 26.1 Å². The average molecular weight is 370 g/mol. The highest BCUT2D eigenvalue weighted by molar-refractivity contribution is 7.10. The molecule has 1 aromatic heterocycles. The van der Waals surface area contributed by atoms with Gasteiger partial charge in [-0.05, 0) is 48.6 Å². The second kappa shape index (κ2) is 6.95. The molecule has 25 heavy (non-hydrogen) atoms. The maximum Gasteiger partial charge on any atom is 0.416 e. The SMILES string of the molecule is CCOc1ccc(C(F)(F)F)cc1NC(=O)N1CCc2sccc2C1.